The van der Waals surface area contributed by atoms with E-state index in [1.54, 1.807) is 0 Å². The lowest BCUT2D eigenvalue weighted by Gasteiger charge is -2.22. The van der Waals surface area contributed by atoms with Gasteiger partial charge in [0.1, 0.15) is 5.82 Å². The van der Waals surface area contributed by atoms with Crippen LogP contribution in [-0.4, -0.2) is 34.3 Å². The molecule has 1 aromatic heterocycles. The van der Waals surface area contributed by atoms with E-state index >= 15 is 0 Å². The zero-order valence-corrected chi connectivity index (χ0v) is 13.3. The smallest absolute Gasteiger partial charge is 0.224 e. The maximum atomic E-state index is 10.0. The van der Waals surface area contributed by atoms with Crippen LogP contribution in [0.1, 0.15) is 46.2 Å². The Morgan fingerprint density at radius 1 is 1.25 bits per heavy atom. The predicted octanol–water partition coefficient (Wildman–Crippen LogP) is 2.82. The minimum atomic E-state index is -0.377. The zero-order valence-electron chi connectivity index (χ0n) is 13.3. The molecule has 0 fully saturated rings. The fourth-order valence-corrected chi connectivity index (χ4v) is 1.98. The Morgan fingerprint density at radius 2 is 1.95 bits per heavy atom. The molecule has 1 heterocycles. The van der Waals surface area contributed by atoms with Crippen LogP contribution >= 0.6 is 0 Å². The minimum Gasteiger partial charge on any atom is -0.391 e. The van der Waals surface area contributed by atoms with E-state index in [1.165, 1.54) is 0 Å². The molecule has 0 amide bonds. The maximum absolute atomic E-state index is 10.0. The first-order chi connectivity index (χ1) is 9.30. The van der Waals surface area contributed by atoms with Crippen molar-refractivity contribution in [3.8, 4) is 0 Å². The SMILES string of the molecule is CCCNc1nc(C)cc(NCC(O)CC(C)(C)C)n1. The third kappa shape index (κ3) is 6.70. The van der Waals surface area contributed by atoms with Crippen molar-refractivity contribution < 1.29 is 5.11 Å². The van der Waals surface area contributed by atoms with E-state index in [4.69, 9.17) is 0 Å². The first kappa shape index (κ1) is 16.7. The van der Waals surface area contributed by atoms with Crippen LogP contribution in [0.4, 0.5) is 11.8 Å². The molecule has 5 nitrogen and oxygen atoms in total. The molecule has 114 valence electrons. The molecule has 20 heavy (non-hydrogen) atoms. The lowest BCUT2D eigenvalue weighted by atomic mass is 9.89. The highest BCUT2D eigenvalue weighted by Crippen LogP contribution is 2.21. The van der Waals surface area contributed by atoms with Gasteiger partial charge < -0.3 is 15.7 Å². The highest BCUT2D eigenvalue weighted by Gasteiger charge is 2.16. The van der Waals surface area contributed by atoms with Crippen LogP contribution in [-0.2, 0) is 0 Å². The van der Waals surface area contributed by atoms with Gasteiger partial charge in [-0.05, 0) is 25.2 Å². The first-order valence-corrected chi connectivity index (χ1v) is 7.31. The van der Waals surface area contributed by atoms with Crippen LogP contribution in [0.3, 0.4) is 0 Å². The summed E-state index contributed by atoms with van der Waals surface area (Å²) in [6, 6.07) is 1.89. The Morgan fingerprint density at radius 3 is 2.55 bits per heavy atom. The summed E-state index contributed by atoms with van der Waals surface area (Å²) in [6.45, 7) is 11.8. The standard InChI is InChI=1S/C15H28N4O/c1-6-7-16-14-18-11(2)8-13(19-14)17-10-12(20)9-15(3,4)5/h8,12,20H,6-7,9-10H2,1-5H3,(H2,16,17,18,19). The third-order valence-electron chi connectivity index (χ3n) is 2.75. The van der Waals surface area contributed by atoms with Gasteiger partial charge in [0.15, 0.2) is 0 Å². The van der Waals surface area contributed by atoms with Gasteiger partial charge in [0, 0.05) is 24.8 Å². The van der Waals surface area contributed by atoms with Crippen molar-refractivity contribution in [2.75, 3.05) is 23.7 Å². The van der Waals surface area contributed by atoms with Gasteiger partial charge in [-0.15, -0.1) is 0 Å². The Kier molecular flexibility index (Phi) is 6.20. The molecule has 0 aromatic carbocycles. The Balaban J connectivity index is 2.56. The molecule has 0 spiro atoms. The summed E-state index contributed by atoms with van der Waals surface area (Å²) < 4.78 is 0. The highest BCUT2D eigenvalue weighted by atomic mass is 16.3. The number of anilines is 2. The normalized spacial score (nSPS) is 13.1. The number of rotatable bonds is 7. The molecular weight excluding hydrogens is 252 g/mol. The second-order valence-electron chi connectivity index (χ2n) is 6.44. The Bertz CT molecular complexity index is 415. The molecule has 3 N–H and O–H groups in total. The molecule has 1 atom stereocenters. The van der Waals surface area contributed by atoms with E-state index in [0.717, 1.165) is 30.9 Å². The molecule has 0 saturated carbocycles. The van der Waals surface area contributed by atoms with Crippen LogP contribution in [0, 0.1) is 12.3 Å². The zero-order chi connectivity index (χ0) is 15.2. The molecule has 0 bridgehead atoms. The van der Waals surface area contributed by atoms with Crippen molar-refractivity contribution in [1.82, 2.24) is 9.97 Å². The predicted molar refractivity (Wildman–Crippen MR) is 84.1 cm³/mol. The van der Waals surface area contributed by atoms with E-state index in [9.17, 15) is 5.11 Å². The van der Waals surface area contributed by atoms with Gasteiger partial charge in [-0.25, -0.2) is 4.98 Å². The van der Waals surface area contributed by atoms with Crippen molar-refractivity contribution in [3.05, 3.63) is 11.8 Å². The summed E-state index contributed by atoms with van der Waals surface area (Å²) in [7, 11) is 0. The number of nitrogens with one attached hydrogen (secondary N) is 2. The van der Waals surface area contributed by atoms with E-state index in [-0.39, 0.29) is 11.5 Å². The van der Waals surface area contributed by atoms with Gasteiger partial charge in [-0.2, -0.15) is 4.98 Å². The average Bonchev–Trinajstić information content (AvgIpc) is 2.31. The van der Waals surface area contributed by atoms with E-state index in [0.29, 0.717) is 12.5 Å². The van der Waals surface area contributed by atoms with Crippen LogP contribution < -0.4 is 10.6 Å². The summed E-state index contributed by atoms with van der Waals surface area (Å²) >= 11 is 0. The maximum Gasteiger partial charge on any atom is 0.224 e. The molecule has 1 aromatic rings. The van der Waals surface area contributed by atoms with Crippen molar-refractivity contribution >= 4 is 11.8 Å². The second kappa shape index (κ2) is 7.43. The monoisotopic (exact) mass is 280 g/mol. The van der Waals surface area contributed by atoms with Gasteiger partial charge >= 0.3 is 0 Å². The lowest BCUT2D eigenvalue weighted by Crippen LogP contribution is -2.25. The number of hydrogen-bond donors (Lipinski definition) is 3. The molecule has 1 unspecified atom stereocenters. The highest BCUT2D eigenvalue weighted by molar-refractivity contribution is 5.42. The summed E-state index contributed by atoms with van der Waals surface area (Å²) in [5.74, 6) is 1.39. The number of aryl methyl sites for hydroxylation is 1. The molecule has 0 aliphatic rings. The molecule has 0 aliphatic carbocycles. The third-order valence-corrected chi connectivity index (χ3v) is 2.75. The van der Waals surface area contributed by atoms with Crippen LogP contribution in [0.15, 0.2) is 6.07 Å². The van der Waals surface area contributed by atoms with Gasteiger partial charge in [0.25, 0.3) is 0 Å². The fraction of sp³-hybridized carbons (Fsp3) is 0.733. The van der Waals surface area contributed by atoms with Crippen molar-refractivity contribution in [2.45, 2.75) is 53.6 Å². The van der Waals surface area contributed by atoms with E-state index < -0.39 is 0 Å². The molecule has 1 rings (SSSR count). The molecule has 0 radical (unpaired) electrons. The Labute approximate surface area is 122 Å². The quantitative estimate of drug-likeness (QED) is 0.716. The van der Waals surface area contributed by atoms with Gasteiger partial charge in [-0.1, -0.05) is 27.7 Å². The van der Waals surface area contributed by atoms with Crippen molar-refractivity contribution in [2.24, 2.45) is 5.41 Å². The summed E-state index contributed by atoms with van der Waals surface area (Å²) in [4.78, 5) is 8.73. The molecule has 0 aliphatic heterocycles. The lowest BCUT2D eigenvalue weighted by molar-refractivity contribution is 0.132. The molecule has 5 heteroatoms. The summed E-state index contributed by atoms with van der Waals surface area (Å²) in [6.07, 6.45) is 1.41. The summed E-state index contributed by atoms with van der Waals surface area (Å²) in [5.41, 5.74) is 1.03. The van der Waals surface area contributed by atoms with Crippen LogP contribution in [0.5, 0.6) is 0 Å². The number of aliphatic hydroxyl groups excluding tert-OH is 1. The molecule has 0 saturated heterocycles. The largest absolute Gasteiger partial charge is 0.391 e. The minimum absolute atomic E-state index is 0.122. The molecular formula is C15H28N4O. The summed E-state index contributed by atoms with van der Waals surface area (Å²) in [5, 5.41) is 16.4. The van der Waals surface area contributed by atoms with Crippen LogP contribution in [0.25, 0.3) is 0 Å². The fourth-order valence-electron chi connectivity index (χ4n) is 1.98. The van der Waals surface area contributed by atoms with Crippen LogP contribution in [0.2, 0.25) is 0 Å². The number of aliphatic hydroxyl groups is 1. The van der Waals surface area contributed by atoms with Crippen molar-refractivity contribution in [3.63, 3.8) is 0 Å². The Hall–Kier alpha value is -1.36. The first-order valence-electron chi connectivity index (χ1n) is 7.31. The number of aromatic nitrogens is 2. The van der Waals surface area contributed by atoms with Gasteiger partial charge in [0.05, 0.1) is 6.10 Å². The number of nitrogens with zero attached hydrogens (tertiary/aromatic N) is 2. The van der Waals surface area contributed by atoms with Crippen molar-refractivity contribution in [1.29, 1.82) is 0 Å². The van der Waals surface area contributed by atoms with Gasteiger partial charge in [-0.3, -0.25) is 0 Å². The van der Waals surface area contributed by atoms with E-state index in [1.807, 2.05) is 13.0 Å². The van der Waals surface area contributed by atoms with Gasteiger partial charge in [0.2, 0.25) is 5.95 Å². The second-order valence-corrected chi connectivity index (χ2v) is 6.44. The van der Waals surface area contributed by atoms with E-state index in [2.05, 4.69) is 48.3 Å². The topological polar surface area (TPSA) is 70.1 Å². The average molecular weight is 280 g/mol. The number of hydrogen-bond acceptors (Lipinski definition) is 5.